The molecule has 2 amide bonds. The molecule has 0 aliphatic rings. The molecule has 86 valence electrons. The Bertz CT molecular complexity index is 365. The van der Waals surface area contributed by atoms with Gasteiger partial charge in [-0.05, 0) is 24.5 Å². The van der Waals surface area contributed by atoms with E-state index in [1.807, 2.05) is 0 Å². The van der Waals surface area contributed by atoms with Crippen LogP contribution in [-0.2, 0) is 9.59 Å². The van der Waals surface area contributed by atoms with Gasteiger partial charge in [-0.3, -0.25) is 14.6 Å². The third-order valence-corrected chi connectivity index (χ3v) is 2.35. The predicted octanol–water partition coefficient (Wildman–Crippen LogP) is 0.306. The van der Waals surface area contributed by atoms with Gasteiger partial charge in [-0.2, -0.15) is 0 Å². The molecule has 1 unspecified atom stereocenters. The summed E-state index contributed by atoms with van der Waals surface area (Å²) in [4.78, 5) is 25.8. The number of nitrogens with two attached hydrogens (primary N) is 2. The van der Waals surface area contributed by atoms with Gasteiger partial charge < -0.3 is 11.5 Å². The maximum Gasteiger partial charge on any atom is 0.225 e. The molecule has 0 bridgehead atoms. The van der Waals surface area contributed by atoms with Gasteiger partial charge in [0.15, 0.2) is 0 Å². The van der Waals surface area contributed by atoms with E-state index < -0.39 is 11.8 Å². The van der Waals surface area contributed by atoms with Crippen molar-refractivity contribution in [3.63, 3.8) is 0 Å². The SMILES string of the molecule is NC(=O)CCCC(C(N)=O)c1cccnc1. The van der Waals surface area contributed by atoms with Gasteiger partial charge in [-0.25, -0.2) is 0 Å². The van der Waals surface area contributed by atoms with Crippen LogP contribution in [0.25, 0.3) is 0 Å². The van der Waals surface area contributed by atoms with E-state index in [-0.39, 0.29) is 12.3 Å². The molecule has 4 N–H and O–H groups in total. The number of carbonyl (C=O) groups is 2. The summed E-state index contributed by atoms with van der Waals surface area (Å²) in [5, 5.41) is 0. The molecule has 0 aliphatic heterocycles. The lowest BCUT2D eigenvalue weighted by molar-refractivity contribution is -0.120. The fourth-order valence-electron chi connectivity index (χ4n) is 1.54. The standard InChI is InChI=1S/C11H15N3O2/c12-10(15)5-1-4-9(11(13)16)8-3-2-6-14-7-8/h2-3,6-7,9H,1,4-5H2,(H2,12,15)(H2,13,16). The number of nitrogens with zero attached hydrogens (tertiary/aromatic N) is 1. The van der Waals surface area contributed by atoms with Gasteiger partial charge in [0, 0.05) is 18.8 Å². The summed E-state index contributed by atoms with van der Waals surface area (Å²) in [5.74, 6) is -1.17. The van der Waals surface area contributed by atoms with Crippen molar-refractivity contribution in [1.82, 2.24) is 4.98 Å². The van der Waals surface area contributed by atoms with Crippen molar-refractivity contribution in [2.75, 3.05) is 0 Å². The zero-order valence-corrected chi connectivity index (χ0v) is 8.93. The molecule has 0 saturated carbocycles. The normalized spacial score (nSPS) is 12.0. The Morgan fingerprint density at radius 3 is 2.62 bits per heavy atom. The van der Waals surface area contributed by atoms with Crippen molar-refractivity contribution < 1.29 is 9.59 Å². The molecule has 0 aromatic carbocycles. The van der Waals surface area contributed by atoms with Crippen LogP contribution >= 0.6 is 0 Å². The molecule has 5 heteroatoms. The van der Waals surface area contributed by atoms with Gasteiger partial charge in [0.05, 0.1) is 5.92 Å². The Labute approximate surface area is 93.8 Å². The minimum absolute atomic E-state index is 0.268. The number of amides is 2. The van der Waals surface area contributed by atoms with E-state index in [9.17, 15) is 9.59 Å². The van der Waals surface area contributed by atoms with Crippen molar-refractivity contribution in [3.8, 4) is 0 Å². The van der Waals surface area contributed by atoms with Crippen LogP contribution in [0.2, 0.25) is 0 Å². The minimum atomic E-state index is -0.405. The van der Waals surface area contributed by atoms with E-state index in [1.54, 1.807) is 24.5 Å². The first-order valence-electron chi connectivity index (χ1n) is 5.09. The molecule has 0 spiro atoms. The number of aromatic nitrogens is 1. The summed E-state index contributed by atoms with van der Waals surface area (Å²) in [6.45, 7) is 0. The number of hydrogen-bond acceptors (Lipinski definition) is 3. The van der Waals surface area contributed by atoms with Crippen LogP contribution in [-0.4, -0.2) is 16.8 Å². The molecule has 1 atom stereocenters. The van der Waals surface area contributed by atoms with Crippen molar-refractivity contribution in [3.05, 3.63) is 30.1 Å². The Morgan fingerprint density at radius 2 is 2.12 bits per heavy atom. The smallest absolute Gasteiger partial charge is 0.225 e. The molecule has 16 heavy (non-hydrogen) atoms. The Hall–Kier alpha value is -1.91. The van der Waals surface area contributed by atoms with Crippen LogP contribution in [0.15, 0.2) is 24.5 Å². The zero-order chi connectivity index (χ0) is 12.0. The molecule has 0 radical (unpaired) electrons. The molecule has 0 fully saturated rings. The summed E-state index contributed by atoms with van der Waals surface area (Å²) >= 11 is 0. The highest BCUT2D eigenvalue weighted by Gasteiger charge is 2.17. The first-order valence-corrected chi connectivity index (χ1v) is 5.09. The number of pyridine rings is 1. The number of carbonyl (C=O) groups excluding carboxylic acids is 2. The number of rotatable bonds is 6. The van der Waals surface area contributed by atoms with Gasteiger partial charge >= 0.3 is 0 Å². The molecule has 1 aromatic heterocycles. The molecular formula is C11H15N3O2. The summed E-state index contributed by atoms with van der Waals surface area (Å²) in [6, 6.07) is 3.55. The van der Waals surface area contributed by atoms with Crippen molar-refractivity contribution in [1.29, 1.82) is 0 Å². The maximum atomic E-state index is 11.3. The van der Waals surface area contributed by atoms with Gasteiger partial charge in [0.2, 0.25) is 11.8 Å². The summed E-state index contributed by atoms with van der Waals surface area (Å²) in [6.07, 6.45) is 4.58. The summed E-state index contributed by atoms with van der Waals surface area (Å²) in [5.41, 5.74) is 11.1. The Balaban J connectivity index is 2.62. The van der Waals surface area contributed by atoms with Crippen LogP contribution in [0.4, 0.5) is 0 Å². The van der Waals surface area contributed by atoms with Crippen molar-refractivity contribution >= 4 is 11.8 Å². The quantitative estimate of drug-likeness (QED) is 0.722. The lowest BCUT2D eigenvalue weighted by atomic mass is 9.94. The van der Waals surface area contributed by atoms with Gasteiger partial charge in [0.25, 0.3) is 0 Å². The molecular weight excluding hydrogens is 206 g/mol. The van der Waals surface area contributed by atoms with E-state index in [4.69, 9.17) is 11.5 Å². The topological polar surface area (TPSA) is 99.1 Å². The van der Waals surface area contributed by atoms with E-state index in [1.165, 1.54) is 0 Å². The third kappa shape index (κ3) is 3.68. The molecule has 1 heterocycles. The highest BCUT2D eigenvalue weighted by atomic mass is 16.1. The van der Waals surface area contributed by atoms with Gasteiger partial charge in [-0.15, -0.1) is 0 Å². The minimum Gasteiger partial charge on any atom is -0.370 e. The lowest BCUT2D eigenvalue weighted by Crippen LogP contribution is -2.22. The highest BCUT2D eigenvalue weighted by molar-refractivity contribution is 5.81. The second-order valence-corrected chi connectivity index (χ2v) is 3.60. The first kappa shape index (κ1) is 12.2. The van der Waals surface area contributed by atoms with E-state index in [0.717, 1.165) is 5.56 Å². The fourth-order valence-corrected chi connectivity index (χ4v) is 1.54. The van der Waals surface area contributed by atoms with Crippen molar-refractivity contribution in [2.45, 2.75) is 25.2 Å². The largest absolute Gasteiger partial charge is 0.370 e. The molecule has 0 saturated heterocycles. The van der Waals surface area contributed by atoms with Crippen LogP contribution in [0, 0.1) is 0 Å². The van der Waals surface area contributed by atoms with E-state index in [2.05, 4.69) is 4.98 Å². The molecule has 1 rings (SSSR count). The molecule has 5 nitrogen and oxygen atoms in total. The molecule has 0 aliphatic carbocycles. The second-order valence-electron chi connectivity index (χ2n) is 3.60. The molecule has 1 aromatic rings. The zero-order valence-electron chi connectivity index (χ0n) is 8.93. The third-order valence-electron chi connectivity index (χ3n) is 2.35. The Morgan fingerprint density at radius 1 is 1.38 bits per heavy atom. The second kappa shape index (κ2) is 5.85. The number of primary amides is 2. The lowest BCUT2D eigenvalue weighted by Gasteiger charge is -2.12. The Kier molecular flexibility index (Phi) is 4.44. The van der Waals surface area contributed by atoms with E-state index in [0.29, 0.717) is 12.8 Å². The monoisotopic (exact) mass is 221 g/mol. The average molecular weight is 221 g/mol. The van der Waals surface area contributed by atoms with Gasteiger partial charge in [-0.1, -0.05) is 6.07 Å². The summed E-state index contributed by atoms with van der Waals surface area (Å²) < 4.78 is 0. The van der Waals surface area contributed by atoms with Gasteiger partial charge in [0.1, 0.15) is 0 Å². The highest BCUT2D eigenvalue weighted by Crippen LogP contribution is 2.20. The van der Waals surface area contributed by atoms with Crippen LogP contribution in [0.3, 0.4) is 0 Å². The van der Waals surface area contributed by atoms with Crippen LogP contribution < -0.4 is 11.5 Å². The van der Waals surface area contributed by atoms with Crippen molar-refractivity contribution in [2.24, 2.45) is 11.5 Å². The predicted molar refractivity (Wildman–Crippen MR) is 59.2 cm³/mol. The van der Waals surface area contributed by atoms with Crippen LogP contribution in [0.5, 0.6) is 0 Å². The first-order chi connectivity index (χ1) is 7.61. The maximum absolute atomic E-state index is 11.3. The van der Waals surface area contributed by atoms with Crippen LogP contribution in [0.1, 0.15) is 30.7 Å². The number of hydrogen-bond donors (Lipinski definition) is 2. The van der Waals surface area contributed by atoms with E-state index >= 15 is 0 Å². The fraction of sp³-hybridized carbons (Fsp3) is 0.364. The average Bonchev–Trinajstić information content (AvgIpc) is 2.25. The summed E-state index contributed by atoms with van der Waals surface area (Å²) in [7, 11) is 0.